The van der Waals surface area contributed by atoms with Crippen molar-refractivity contribution in [3.63, 3.8) is 0 Å². The van der Waals surface area contributed by atoms with Crippen LogP contribution in [0.25, 0.3) is 0 Å². The van der Waals surface area contributed by atoms with E-state index in [0.29, 0.717) is 22.8 Å². The lowest BCUT2D eigenvalue weighted by Gasteiger charge is -2.15. The van der Waals surface area contributed by atoms with Gasteiger partial charge in [-0.1, -0.05) is 30.3 Å². The molecule has 2 aromatic carbocycles. The van der Waals surface area contributed by atoms with Crippen molar-refractivity contribution in [1.82, 2.24) is 0 Å². The van der Waals surface area contributed by atoms with Crippen LogP contribution in [0.4, 0.5) is 0 Å². The zero-order valence-corrected chi connectivity index (χ0v) is 15.7. The fourth-order valence-electron chi connectivity index (χ4n) is 2.91. The fraction of sp³-hybridized carbons (Fsp3) is 0.381. The van der Waals surface area contributed by atoms with E-state index in [1.807, 2.05) is 18.2 Å². The first-order chi connectivity index (χ1) is 12.6. The van der Waals surface area contributed by atoms with Gasteiger partial charge >= 0.3 is 0 Å². The van der Waals surface area contributed by atoms with Crippen molar-refractivity contribution in [3.8, 4) is 17.2 Å². The molecule has 140 valence electrons. The predicted molar refractivity (Wildman–Crippen MR) is 102 cm³/mol. The highest BCUT2D eigenvalue weighted by Crippen LogP contribution is 2.38. The van der Waals surface area contributed by atoms with Crippen LogP contribution < -0.4 is 19.9 Å². The Bertz CT molecular complexity index is 690. The second-order valence-electron chi connectivity index (χ2n) is 6.18. The first kappa shape index (κ1) is 19.8. The van der Waals surface area contributed by atoms with Crippen LogP contribution in [0.3, 0.4) is 0 Å². The third-order valence-electron chi connectivity index (χ3n) is 4.32. The molecule has 1 unspecified atom stereocenters. The molecule has 0 aromatic heterocycles. The second-order valence-corrected chi connectivity index (χ2v) is 6.18. The van der Waals surface area contributed by atoms with E-state index in [4.69, 9.17) is 19.9 Å². The van der Waals surface area contributed by atoms with Gasteiger partial charge in [-0.25, -0.2) is 0 Å². The Hall–Kier alpha value is -2.53. The van der Waals surface area contributed by atoms with Crippen molar-refractivity contribution in [3.05, 3.63) is 53.6 Å². The van der Waals surface area contributed by atoms with Gasteiger partial charge in [0, 0.05) is 18.0 Å². The molecule has 1 atom stereocenters. The summed E-state index contributed by atoms with van der Waals surface area (Å²) in [7, 11) is 4.59. The number of ether oxygens (including phenoxy) is 3. The minimum Gasteiger partial charge on any atom is -0.493 e. The number of methoxy groups -OCH3 is 3. The van der Waals surface area contributed by atoms with Crippen LogP contribution in [0, 0.1) is 0 Å². The van der Waals surface area contributed by atoms with Gasteiger partial charge in [-0.05, 0) is 37.0 Å². The monoisotopic (exact) mass is 357 g/mol. The number of Topliss-reactive ketones (excluding diaryl/α,β-unsaturated/α-hetero) is 1. The highest BCUT2D eigenvalue weighted by atomic mass is 16.5. The van der Waals surface area contributed by atoms with Crippen molar-refractivity contribution < 1.29 is 19.0 Å². The number of carbonyl (C=O) groups is 1. The van der Waals surface area contributed by atoms with Gasteiger partial charge in [-0.15, -0.1) is 0 Å². The lowest BCUT2D eigenvalue weighted by Crippen LogP contribution is -2.24. The molecule has 0 bridgehead atoms. The summed E-state index contributed by atoms with van der Waals surface area (Å²) in [4.78, 5) is 12.6. The number of hydrogen-bond acceptors (Lipinski definition) is 5. The molecule has 0 saturated heterocycles. The van der Waals surface area contributed by atoms with Gasteiger partial charge < -0.3 is 19.9 Å². The fourth-order valence-corrected chi connectivity index (χ4v) is 2.91. The number of ketones is 1. The Balaban J connectivity index is 1.95. The van der Waals surface area contributed by atoms with Crippen LogP contribution in [0.2, 0.25) is 0 Å². The summed E-state index contributed by atoms with van der Waals surface area (Å²) in [6.45, 7) is 0. The zero-order valence-electron chi connectivity index (χ0n) is 15.7. The van der Waals surface area contributed by atoms with Gasteiger partial charge in [0.1, 0.15) is 0 Å². The van der Waals surface area contributed by atoms with Gasteiger partial charge in [0.05, 0.1) is 21.3 Å². The van der Waals surface area contributed by atoms with E-state index in [1.54, 1.807) is 12.1 Å². The first-order valence-corrected chi connectivity index (χ1v) is 8.71. The smallest absolute Gasteiger partial charge is 0.203 e. The highest BCUT2D eigenvalue weighted by Gasteiger charge is 2.18. The summed E-state index contributed by atoms with van der Waals surface area (Å²) in [5, 5.41) is 0. The van der Waals surface area contributed by atoms with Crippen LogP contribution in [0.5, 0.6) is 17.2 Å². The maximum atomic E-state index is 12.6. The van der Waals surface area contributed by atoms with Crippen molar-refractivity contribution in [2.24, 2.45) is 5.73 Å². The molecule has 0 heterocycles. The summed E-state index contributed by atoms with van der Waals surface area (Å²) in [5.41, 5.74) is 7.96. The molecule has 2 rings (SSSR count). The molecular weight excluding hydrogens is 330 g/mol. The largest absolute Gasteiger partial charge is 0.493 e. The van der Waals surface area contributed by atoms with Gasteiger partial charge in [0.2, 0.25) is 5.75 Å². The van der Waals surface area contributed by atoms with E-state index in [-0.39, 0.29) is 18.2 Å². The number of hydrogen-bond donors (Lipinski definition) is 1. The summed E-state index contributed by atoms with van der Waals surface area (Å²) < 4.78 is 15.9. The van der Waals surface area contributed by atoms with E-state index in [1.165, 1.54) is 26.9 Å². The van der Waals surface area contributed by atoms with Gasteiger partial charge in [-0.2, -0.15) is 0 Å². The SMILES string of the molecule is COc1cc(C(=O)CC(N)CCCc2ccccc2)cc(OC)c1OC. The lowest BCUT2D eigenvalue weighted by atomic mass is 9.98. The standard InChI is InChI=1S/C21H27NO4/c1-24-19-12-16(13-20(25-2)21(19)26-3)18(23)14-17(22)11-7-10-15-8-5-4-6-9-15/h4-6,8-9,12-13,17H,7,10-11,14,22H2,1-3H3. The minimum atomic E-state index is -0.176. The molecule has 0 amide bonds. The third kappa shape index (κ3) is 5.23. The average Bonchev–Trinajstić information content (AvgIpc) is 2.67. The number of rotatable bonds is 10. The molecule has 5 heteroatoms. The molecule has 0 aliphatic carbocycles. The molecule has 2 N–H and O–H groups in total. The normalized spacial score (nSPS) is 11.7. The second kappa shape index (κ2) is 9.82. The lowest BCUT2D eigenvalue weighted by molar-refractivity contribution is 0.0972. The minimum absolute atomic E-state index is 0.0311. The Morgan fingerprint density at radius 1 is 1.00 bits per heavy atom. The van der Waals surface area contributed by atoms with Crippen LogP contribution >= 0.6 is 0 Å². The maximum absolute atomic E-state index is 12.6. The number of carbonyl (C=O) groups excluding carboxylic acids is 1. The van der Waals surface area contributed by atoms with E-state index in [9.17, 15) is 4.79 Å². The maximum Gasteiger partial charge on any atom is 0.203 e. The van der Waals surface area contributed by atoms with Crippen molar-refractivity contribution in [2.75, 3.05) is 21.3 Å². The Labute approximate surface area is 155 Å². The molecule has 0 aliphatic rings. The number of nitrogens with two attached hydrogens (primary N) is 1. The topological polar surface area (TPSA) is 70.8 Å². The van der Waals surface area contributed by atoms with Gasteiger partial charge in [0.15, 0.2) is 17.3 Å². The van der Waals surface area contributed by atoms with Crippen LogP contribution in [-0.4, -0.2) is 33.2 Å². The van der Waals surface area contributed by atoms with E-state index in [2.05, 4.69) is 12.1 Å². The van der Waals surface area contributed by atoms with Crippen molar-refractivity contribution >= 4 is 5.78 Å². The van der Waals surface area contributed by atoms with Crippen LogP contribution in [-0.2, 0) is 6.42 Å². The molecule has 0 fully saturated rings. The molecule has 0 radical (unpaired) electrons. The molecule has 26 heavy (non-hydrogen) atoms. The quantitative estimate of drug-likeness (QED) is 0.658. The summed E-state index contributed by atoms with van der Waals surface area (Å²) in [6.07, 6.45) is 3.00. The molecule has 5 nitrogen and oxygen atoms in total. The van der Waals surface area contributed by atoms with Gasteiger partial charge in [0.25, 0.3) is 0 Å². The van der Waals surface area contributed by atoms with E-state index < -0.39 is 0 Å². The van der Waals surface area contributed by atoms with Crippen LogP contribution in [0.1, 0.15) is 35.2 Å². The Morgan fingerprint density at radius 3 is 2.15 bits per heavy atom. The number of aryl methyl sites for hydroxylation is 1. The number of benzene rings is 2. The molecular formula is C21H27NO4. The zero-order chi connectivity index (χ0) is 18.9. The van der Waals surface area contributed by atoms with E-state index >= 15 is 0 Å². The first-order valence-electron chi connectivity index (χ1n) is 8.71. The summed E-state index contributed by atoms with van der Waals surface area (Å²) >= 11 is 0. The van der Waals surface area contributed by atoms with Crippen LogP contribution in [0.15, 0.2) is 42.5 Å². The Morgan fingerprint density at radius 2 is 1.62 bits per heavy atom. The molecule has 2 aromatic rings. The third-order valence-corrected chi connectivity index (χ3v) is 4.32. The molecule has 0 saturated carbocycles. The summed E-state index contributed by atoms with van der Waals surface area (Å²) in [5.74, 6) is 1.37. The predicted octanol–water partition coefficient (Wildman–Crippen LogP) is 3.64. The Kier molecular flexibility index (Phi) is 7.48. The molecule has 0 spiro atoms. The van der Waals surface area contributed by atoms with E-state index in [0.717, 1.165) is 19.3 Å². The summed E-state index contributed by atoms with van der Waals surface area (Å²) in [6, 6.07) is 13.4. The van der Waals surface area contributed by atoms with Crippen molar-refractivity contribution in [2.45, 2.75) is 31.7 Å². The van der Waals surface area contributed by atoms with Crippen molar-refractivity contribution in [1.29, 1.82) is 0 Å². The highest BCUT2D eigenvalue weighted by molar-refractivity contribution is 5.97. The van der Waals surface area contributed by atoms with Gasteiger partial charge in [-0.3, -0.25) is 4.79 Å². The molecule has 0 aliphatic heterocycles. The average molecular weight is 357 g/mol.